The maximum atomic E-state index is 12.0. The van der Waals surface area contributed by atoms with Gasteiger partial charge in [0.2, 0.25) is 0 Å². The summed E-state index contributed by atoms with van der Waals surface area (Å²) in [5.74, 6) is 1.03. The number of urea groups is 1. The van der Waals surface area contributed by atoms with Crippen LogP contribution in [0, 0.1) is 20.8 Å². The summed E-state index contributed by atoms with van der Waals surface area (Å²) in [6, 6.07) is 11.2. The fourth-order valence-electron chi connectivity index (χ4n) is 2.51. The summed E-state index contributed by atoms with van der Waals surface area (Å²) in [6.45, 7) is 6.07. The van der Waals surface area contributed by atoms with Crippen LogP contribution < -0.4 is 10.6 Å². The van der Waals surface area contributed by atoms with Crippen LogP contribution in [-0.2, 0) is 6.54 Å². The zero-order chi connectivity index (χ0) is 17.1. The van der Waals surface area contributed by atoms with Crippen LogP contribution in [0.2, 0.25) is 0 Å². The van der Waals surface area contributed by atoms with Crippen LogP contribution in [-0.4, -0.2) is 21.0 Å². The molecule has 0 saturated heterocycles. The molecule has 0 aliphatic carbocycles. The maximum absolute atomic E-state index is 12.0. The zero-order valence-electron chi connectivity index (χ0n) is 13.8. The van der Waals surface area contributed by atoms with Crippen molar-refractivity contribution in [2.75, 3.05) is 5.32 Å². The van der Waals surface area contributed by atoms with Crippen molar-refractivity contribution < 1.29 is 9.32 Å². The number of carbonyl (C=O) groups is 1. The van der Waals surface area contributed by atoms with Crippen molar-refractivity contribution >= 4 is 11.8 Å². The number of aryl methyl sites for hydroxylation is 2. The Kier molecular flexibility index (Phi) is 4.33. The summed E-state index contributed by atoms with van der Waals surface area (Å²) < 4.78 is 6.79. The summed E-state index contributed by atoms with van der Waals surface area (Å²) in [7, 11) is 0. The molecule has 7 heteroatoms. The van der Waals surface area contributed by atoms with Gasteiger partial charge < -0.3 is 9.84 Å². The monoisotopic (exact) mass is 325 g/mol. The van der Waals surface area contributed by atoms with Crippen LogP contribution in [0.15, 0.2) is 40.9 Å². The lowest BCUT2D eigenvalue weighted by Crippen LogP contribution is -2.28. The van der Waals surface area contributed by atoms with Crippen LogP contribution in [0.1, 0.15) is 22.7 Å². The normalized spacial score (nSPS) is 10.6. The van der Waals surface area contributed by atoms with Gasteiger partial charge >= 0.3 is 6.03 Å². The molecule has 0 fully saturated rings. The first-order valence-electron chi connectivity index (χ1n) is 7.63. The van der Waals surface area contributed by atoms with E-state index in [1.165, 1.54) is 0 Å². The predicted octanol–water partition coefficient (Wildman–Crippen LogP) is 3.11. The number of nitrogens with one attached hydrogen (secondary N) is 2. The Labute approximate surface area is 139 Å². The Morgan fingerprint density at radius 3 is 2.62 bits per heavy atom. The van der Waals surface area contributed by atoms with Gasteiger partial charge in [0.25, 0.3) is 0 Å². The molecule has 0 aliphatic rings. The Hall–Kier alpha value is -3.09. The smallest absolute Gasteiger partial charge is 0.320 e. The molecule has 0 unspecified atom stereocenters. The molecule has 0 saturated carbocycles. The summed E-state index contributed by atoms with van der Waals surface area (Å²) in [5, 5.41) is 13.7. The molecular formula is C17H19N5O2. The molecule has 2 heterocycles. The molecule has 3 aromatic rings. The first-order chi connectivity index (χ1) is 11.5. The average Bonchev–Trinajstić information content (AvgIpc) is 3.10. The van der Waals surface area contributed by atoms with Gasteiger partial charge in [0.1, 0.15) is 5.76 Å². The Bertz CT molecular complexity index is 851. The molecule has 0 radical (unpaired) electrons. The van der Waals surface area contributed by atoms with Gasteiger partial charge in [0, 0.05) is 23.9 Å². The second-order valence-corrected chi connectivity index (χ2v) is 5.53. The first kappa shape index (κ1) is 15.8. The number of benzene rings is 1. The highest BCUT2D eigenvalue weighted by Crippen LogP contribution is 2.17. The number of para-hydroxylation sites is 1. The standard InChI is InChI=1S/C17H19N5O2/c1-11-9-16(21-24-11)19-17(23)18-10-15-12(2)20-22(13(15)3)14-7-5-4-6-8-14/h4-9H,10H2,1-3H3,(H2,18,19,21,23). The summed E-state index contributed by atoms with van der Waals surface area (Å²) in [5.41, 5.74) is 3.86. The summed E-state index contributed by atoms with van der Waals surface area (Å²) in [6.07, 6.45) is 0. The van der Waals surface area contributed by atoms with Crippen molar-refractivity contribution in [2.24, 2.45) is 0 Å². The zero-order valence-corrected chi connectivity index (χ0v) is 13.8. The molecule has 0 bridgehead atoms. The highest BCUT2D eigenvalue weighted by atomic mass is 16.5. The quantitative estimate of drug-likeness (QED) is 0.772. The number of hydrogen-bond donors (Lipinski definition) is 2. The van der Waals surface area contributed by atoms with E-state index in [0.717, 1.165) is 22.6 Å². The van der Waals surface area contributed by atoms with Crippen LogP contribution in [0.4, 0.5) is 10.6 Å². The number of carbonyl (C=O) groups excluding carboxylic acids is 1. The van der Waals surface area contributed by atoms with Gasteiger partial charge in [-0.05, 0) is 32.9 Å². The Balaban J connectivity index is 1.69. The van der Waals surface area contributed by atoms with Crippen molar-refractivity contribution in [3.63, 3.8) is 0 Å². The van der Waals surface area contributed by atoms with Crippen molar-refractivity contribution in [1.82, 2.24) is 20.3 Å². The molecule has 24 heavy (non-hydrogen) atoms. The highest BCUT2D eigenvalue weighted by molar-refractivity contribution is 5.88. The largest absolute Gasteiger partial charge is 0.360 e. The minimum absolute atomic E-state index is 0.338. The van der Waals surface area contributed by atoms with Crippen LogP contribution >= 0.6 is 0 Å². The molecule has 2 amide bonds. The van der Waals surface area contributed by atoms with E-state index >= 15 is 0 Å². The van der Waals surface area contributed by atoms with E-state index in [2.05, 4.69) is 20.9 Å². The number of aromatic nitrogens is 3. The minimum Gasteiger partial charge on any atom is -0.360 e. The van der Waals surface area contributed by atoms with Gasteiger partial charge in [-0.2, -0.15) is 5.10 Å². The lowest BCUT2D eigenvalue weighted by Gasteiger charge is -2.07. The fourth-order valence-corrected chi connectivity index (χ4v) is 2.51. The molecule has 0 aliphatic heterocycles. The molecule has 7 nitrogen and oxygen atoms in total. The second-order valence-electron chi connectivity index (χ2n) is 5.53. The van der Waals surface area contributed by atoms with E-state index in [1.54, 1.807) is 13.0 Å². The number of hydrogen-bond acceptors (Lipinski definition) is 4. The summed E-state index contributed by atoms with van der Waals surface area (Å²) >= 11 is 0. The molecule has 124 valence electrons. The molecule has 0 spiro atoms. The van der Waals surface area contributed by atoms with E-state index in [-0.39, 0.29) is 6.03 Å². The summed E-state index contributed by atoms with van der Waals surface area (Å²) in [4.78, 5) is 12.0. The number of nitrogens with zero attached hydrogens (tertiary/aromatic N) is 3. The molecule has 0 atom stereocenters. The highest BCUT2D eigenvalue weighted by Gasteiger charge is 2.14. The molecular weight excluding hydrogens is 306 g/mol. The van der Waals surface area contributed by atoms with Crippen LogP contribution in [0.25, 0.3) is 5.69 Å². The van der Waals surface area contributed by atoms with Gasteiger partial charge in [0.05, 0.1) is 11.4 Å². The Morgan fingerprint density at radius 1 is 1.21 bits per heavy atom. The number of amides is 2. The first-order valence-corrected chi connectivity index (χ1v) is 7.63. The lowest BCUT2D eigenvalue weighted by molar-refractivity contribution is 0.251. The Morgan fingerprint density at radius 2 is 1.96 bits per heavy atom. The lowest BCUT2D eigenvalue weighted by atomic mass is 10.2. The van der Waals surface area contributed by atoms with Gasteiger partial charge in [-0.1, -0.05) is 23.4 Å². The van der Waals surface area contributed by atoms with E-state index in [0.29, 0.717) is 18.1 Å². The van der Waals surface area contributed by atoms with Crippen LogP contribution in [0.5, 0.6) is 0 Å². The fraction of sp³-hybridized carbons (Fsp3) is 0.235. The van der Waals surface area contributed by atoms with E-state index in [1.807, 2.05) is 48.9 Å². The van der Waals surface area contributed by atoms with E-state index < -0.39 is 0 Å². The third kappa shape index (κ3) is 3.29. The number of anilines is 1. The van der Waals surface area contributed by atoms with Gasteiger partial charge in [0.15, 0.2) is 5.82 Å². The van der Waals surface area contributed by atoms with E-state index in [4.69, 9.17) is 4.52 Å². The maximum Gasteiger partial charge on any atom is 0.320 e. The topological polar surface area (TPSA) is 85.0 Å². The van der Waals surface area contributed by atoms with Crippen molar-refractivity contribution in [3.8, 4) is 5.69 Å². The third-order valence-electron chi connectivity index (χ3n) is 3.74. The second kappa shape index (κ2) is 6.57. The van der Waals surface area contributed by atoms with E-state index in [9.17, 15) is 4.79 Å². The average molecular weight is 325 g/mol. The van der Waals surface area contributed by atoms with Crippen LogP contribution in [0.3, 0.4) is 0 Å². The molecule has 2 N–H and O–H groups in total. The van der Waals surface area contributed by atoms with Gasteiger partial charge in [-0.3, -0.25) is 5.32 Å². The van der Waals surface area contributed by atoms with Crippen molar-refractivity contribution in [1.29, 1.82) is 0 Å². The third-order valence-corrected chi connectivity index (χ3v) is 3.74. The van der Waals surface area contributed by atoms with Gasteiger partial charge in [-0.25, -0.2) is 9.48 Å². The molecule has 1 aromatic carbocycles. The van der Waals surface area contributed by atoms with Crippen molar-refractivity contribution in [2.45, 2.75) is 27.3 Å². The minimum atomic E-state index is -0.338. The molecule has 2 aromatic heterocycles. The SMILES string of the molecule is Cc1cc(NC(=O)NCc2c(C)nn(-c3ccccc3)c2C)no1. The van der Waals surface area contributed by atoms with Gasteiger partial charge in [-0.15, -0.1) is 0 Å². The number of rotatable bonds is 4. The molecule has 3 rings (SSSR count). The van der Waals surface area contributed by atoms with Crippen molar-refractivity contribution in [3.05, 3.63) is 59.1 Å². The predicted molar refractivity (Wildman–Crippen MR) is 90.1 cm³/mol.